The van der Waals surface area contributed by atoms with Gasteiger partial charge in [-0.2, -0.15) is 0 Å². The largest absolute Gasteiger partial charge is 0.472 e. The van der Waals surface area contributed by atoms with Gasteiger partial charge < -0.3 is 20.1 Å². The second kappa shape index (κ2) is 58.0. The number of esters is 2. The lowest BCUT2D eigenvalue weighted by Gasteiger charge is -2.19. The predicted molar refractivity (Wildman–Crippen MR) is 303 cm³/mol. The lowest BCUT2D eigenvalue weighted by Crippen LogP contribution is -2.29. The molecule has 2 unspecified atom stereocenters. The van der Waals surface area contributed by atoms with E-state index in [-0.39, 0.29) is 38.6 Å². The Morgan fingerprint density at radius 2 is 0.690 bits per heavy atom. The van der Waals surface area contributed by atoms with E-state index in [4.69, 9.17) is 24.3 Å². The van der Waals surface area contributed by atoms with Crippen molar-refractivity contribution < 1.29 is 37.6 Å². The van der Waals surface area contributed by atoms with E-state index in [0.29, 0.717) is 6.42 Å². The van der Waals surface area contributed by atoms with Crippen LogP contribution < -0.4 is 5.73 Å². The van der Waals surface area contributed by atoms with E-state index < -0.39 is 26.5 Å². The lowest BCUT2D eigenvalue weighted by atomic mass is 10.0. The Morgan fingerprint density at radius 3 is 1.00 bits per heavy atom. The van der Waals surface area contributed by atoms with E-state index in [1.807, 2.05) is 0 Å². The molecule has 0 saturated heterocycles. The summed E-state index contributed by atoms with van der Waals surface area (Å²) in [5, 5.41) is 0. The number of hydrogen-bond acceptors (Lipinski definition) is 8. The molecule has 10 heteroatoms. The average Bonchev–Trinajstić information content (AvgIpc) is 3.36. The summed E-state index contributed by atoms with van der Waals surface area (Å²) in [6, 6.07) is 0. The molecule has 0 aromatic rings. The number of hydrogen-bond donors (Lipinski definition) is 2. The van der Waals surface area contributed by atoms with Crippen molar-refractivity contribution >= 4 is 19.8 Å². The van der Waals surface area contributed by atoms with Crippen LogP contribution in [0.4, 0.5) is 0 Å². The topological polar surface area (TPSA) is 134 Å². The van der Waals surface area contributed by atoms with Gasteiger partial charge in [0, 0.05) is 19.4 Å². The van der Waals surface area contributed by atoms with Gasteiger partial charge in [0.1, 0.15) is 6.61 Å². The van der Waals surface area contributed by atoms with Crippen LogP contribution in [0.1, 0.15) is 335 Å². The van der Waals surface area contributed by atoms with Crippen molar-refractivity contribution in [2.45, 2.75) is 341 Å². The van der Waals surface area contributed by atoms with Crippen LogP contribution in [0.25, 0.3) is 0 Å². The number of phosphoric ester groups is 1. The van der Waals surface area contributed by atoms with Crippen molar-refractivity contribution in [2.24, 2.45) is 5.73 Å². The first-order valence-corrected chi connectivity index (χ1v) is 32.7. The third kappa shape index (κ3) is 57.9. The fraction of sp³-hybridized carbons (Fsp3) is 0.934. The molecular weight excluding hydrogens is 906 g/mol. The maximum atomic E-state index is 12.7. The summed E-state index contributed by atoms with van der Waals surface area (Å²) >= 11 is 0. The van der Waals surface area contributed by atoms with Crippen LogP contribution in [0.15, 0.2) is 12.2 Å². The molecule has 0 aliphatic rings. The standard InChI is InChI=1S/C61H120NO8P/c1-3-5-7-9-11-13-15-16-17-18-19-20-21-22-23-24-25-26-27-28-29-30-31-32-33-34-35-36-37-38-39-40-41-42-44-46-48-50-52-54-61(64)70-59(58-69-71(65,66)68-56-55-62)57-67-60(63)53-51-49-47-45-43-14-12-10-8-6-4-2/h18-19,59H,3-17,20-58,62H2,1-2H3,(H,65,66)/b19-18-. The number of rotatable bonds is 60. The zero-order valence-corrected chi connectivity index (χ0v) is 48.1. The molecule has 0 bridgehead atoms. The second-order valence-corrected chi connectivity index (χ2v) is 22.7. The van der Waals surface area contributed by atoms with E-state index in [1.54, 1.807) is 0 Å². The third-order valence-electron chi connectivity index (χ3n) is 14.2. The molecule has 71 heavy (non-hydrogen) atoms. The van der Waals surface area contributed by atoms with Crippen LogP contribution in [-0.2, 0) is 32.7 Å². The molecule has 422 valence electrons. The van der Waals surface area contributed by atoms with Gasteiger partial charge in [-0.05, 0) is 38.5 Å². The third-order valence-corrected chi connectivity index (χ3v) is 15.1. The van der Waals surface area contributed by atoms with Crippen molar-refractivity contribution in [3.63, 3.8) is 0 Å². The molecule has 0 aromatic heterocycles. The normalized spacial score (nSPS) is 13.0. The molecule has 0 fully saturated rings. The summed E-state index contributed by atoms with van der Waals surface area (Å²) in [6.45, 7) is 3.78. The van der Waals surface area contributed by atoms with E-state index >= 15 is 0 Å². The van der Waals surface area contributed by atoms with Gasteiger partial charge in [-0.1, -0.05) is 296 Å². The summed E-state index contributed by atoms with van der Waals surface area (Å²) in [4.78, 5) is 35.0. The Bertz CT molecular complexity index is 1170. The molecule has 0 aromatic carbocycles. The van der Waals surface area contributed by atoms with Gasteiger partial charge >= 0.3 is 19.8 Å². The number of ether oxygens (including phenoxy) is 2. The Kier molecular flexibility index (Phi) is 57.0. The van der Waals surface area contributed by atoms with Crippen molar-refractivity contribution in [1.29, 1.82) is 0 Å². The molecule has 0 rings (SSSR count). The molecule has 2 atom stereocenters. The number of carbonyl (C=O) groups is 2. The van der Waals surface area contributed by atoms with Gasteiger partial charge in [0.2, 0.25) is 0 Å². The predicted octanol–water partition coefficient (Wildman–Crippen LogP) is 19.6. The second-order valence-electron chi connectivity index (χ2n) is 21.3. The average molecular weight is 1030 g/mol. The highest BCUT2D eigenvalue weighted by molar-refractivity contribution is 7.47. The summed E-state index contributed by atoms with van der Waals surface area (Å²) in [6.07, 6.45) is 67.5. The highest BCUT2D eigenvalue weighted by Crippen LogP contribution is 2.43. The monoisotopic (exact) mass is 1030 g/mol. The van der Waals surface area contributed by atoms with Crippen molar-refractivity contribution in [2.75, 3.05) is 26.4 Å². The highest BCUT2D eigenvalue weighted by Gasteiger charge is 2.26. The van der Waals surface area contributed by atoms with Gasteiger partial charge in [-0.15, -0.1) is 0 Å². The maximum Gasteiger partial charge on any atom is 0.472 e. The Hall–Kier alpha value is -1.25. The first-order valence-electron chi connectivity index (χ1n) is 31.2. The Morgan fingerprint density at radius 1 is 0.408 bits per heavy atom. The van der Waals surface area contributed by atoms with Gasteiger partial charge in [-0.25, -0.2) is 4.57 Å². The van der Waals surface area contributed by atoms with E-state index in [1.165, 1.54) is 270 Å². The fourth-order valence-electron chi connectivity index (χ4n) is 9.52. The summed E-state index contributed by atoms with van der Waals surface area (Å²) in [5.41, 5.74) is 5.37. The maximum absolute atomic E-state index is 12.7. The zero-order chi connectivity index (χ0) is 51.7. The van der Waals surface area contributed by atoms with Crippen molar-refractivity contribution in [3.05, 3.63) is 12.2 Å². The first kappa shape index (κ1) is 69.8. The highest BCUT2D eigenvalue weighted by atomic mass is 31.2. The molecule has 0 radical (unpaired) electrons. The smallest absolute Gasteiger partial charge is 0.462 e. The lowest BCUT2D eigenvalue weighted by molar-refractivity contribution is -0.161. The van der Waals surface area contributed by atoms with Crippen LogP contribution >= 0.6 is 7.82 Å². The zero-order valence-electron chi connectivity index (χ0n) is 47.2. The van der Waals surface area contributed by atoms with Crippen LogP contribution in [-0.4, -0.2) is 49.3 Å². The minimum atomic E-state index is -4.38. The first-order chi connectivity index (χ1) is 34.8. The van der Waals surface area contributed by atoms with Crippen LogP contribution in [0.2, 0.25) is 0 Å². The van der Waals surface area contributed by atoms with Gasteiger partial charge in [-0.3, -0.25) is 18.6 Å². The molecular formula is C61H120NO8P. The number of allylic oxidation sites excluding steroid dienone is 2. The number of unbranched alkanes of at least 4 members (excludes halogenated alkanes) is 45. The summed E-state index contributed by atoms with van der Waals surface area (Å²) in [5.74, 6) is -0.809. The van der Waals surface area contributed by atoms with Gasteiger partial charge in [0.15, 0.2) is 6.10 Å². The molecule has 9 nitrogen and oxygen atoms in total. The number of nitrogens with two attached hydrogens (primary N) is 1. The van der Waals surface area contributed by atoms with Crippen LogP contribution in [0.3, 0.4) is 0 Å². The van der Waals surface area contributed by atoms with Crippen LogP contribution in [0, 0.1) is 0 Å². The molecule has 0 spiro atoms. The molecule has 0 heterocycles. The minimum absolute atomic E-state index is 0.0577. The SMILES string of the molecule is CCCCCCCCCC/C=C\CCCCCCCCCCCCCCCCCCCCCCCCCCCCCC(=O)OC(COC(=O)CCCCCCCCCCCCC)COP(=O)(O)OCCN. The van der Waals surface area contributed by atoms with Gasteiger partial charge in [0.25, 0.3) is 0 Å². The molecule has 0 amide bonds. The summed E-state index contributed by atoms with van der Waals surface area (Å²) in [7, 11) is -4.38. The molecule has 0 aliphatic heterocycles. The minimum Gasteiger partial charge on any atom is -0.462 e. The summed E-state index contributed by atoms with van der Waals surface area (Å²) < 4.78 is 32.9. The quantitative estimate of drug-likeness (QED) is 0.0264. The van der Waals surface area contributed by atoms with Gasteiger partial charge in [0.05, 0.1) is 13.2 Å². The molecule has 3 N–H and O–H groups in total. The van der Waals surface area contributed by atoms with E-state index in [2.05, 4.69) is 26.0 Å². The fourth-order valence-corrected chi connectivity index (χ4v) is 10.3. The number of carbonyl (C=O) groups excluding carboxylic acids is 2. The Balaban J connectivity index is 3.67. The molecule has 0 saturated carbocycles. The molecule has 0 aliphatic carbocycles. The van der Waals surface area contributed by atoms with E-state index in [0.717, 1.165) is 32.1 Å². The van der Waals surface area contributed by atoms with E-state index in [9.17, 15) is 19.0 Å². The van der Waals surface area contributed by atoms with Crippen molar-refractivity contribution in [1.82, 2.24) is 0 Å². The number of phosphoric acid groups is 1. The van der Waals surface area contributed by atoms with Crippen LogP contribution in [0.5, 0.6) is 0 Å². The van der Waals surface area contributed by atoms with Crippen molar-refractivity contribution in [3.8, 4) is 0 Å². The Labute approximate surface area is 440 Å².